The van der Waals surface area contributed by atoms with Gasteiger partial charge in [-0.3, -0.25) is 0 Å². The van der Waals surface area contributed by atoms with Crippen LogP contribution in [0.2, 0.25) is 0 Å². The third kappa shape index (κ3) is 2.19. The topological polar surface area (TPSA) is 52.6 Å². The molecule has 0 aromatic heterocycles. The van der Waals surface area contributed by atoms with Crippen LogP contribution in [0.4, 0.5) is 0 Å². The SMILES string of the molecule is CN(COC(=O)C12CC3CC(CC(C3)C1)C2)[N+]1([O-])C[I-]1. The molecule has 5 nitrogen and oxygen atoms in total. The molecule has 4 saturated carbocycles. The van der Waals surface area contributed by atoms with Crippen molar-refractivity contribution in [3.05, 3.63) is 5.21 Å². The molecule has 5 fully saturated rings. The Morgan fingerprint density at radius 3 is 2.25 bits per heavy atom. The van der Waals surface area contributed by atoms with Gasteiger partial charge in [-0.15, -0.1) is 0 Å². The molecule has 0 amide bonds. The third-order valence-corrected chi connectivity index (χ3v) is 8.27. The number of carbonyl (C=O) groups is 1. The van der Waals surface area contributed by atoms with Crippen molar-refractivity contribution >= 4 is 5.97 Å². The molecule has 1 atom stereocenters. The molecule has 6 heteroatoms. The zero-order valence-electron chi connectivity index (χ0n) is 11.9. The summed E-state index contributed by atoms with van der Waals surface area (Å²) in [6.45, 7) is 0.170. The van der Waals surface area contributed by atoms with Gasteiger partial charge in [-0.05, 0) is 0 Å². The number of nitrogens with zero attached hydrogens (tertiary/aromatic N) is 2. The average Bonchev–Trinajstić information content (AvgIpc) is 3.13. The second-order valence-electron chi connectivity index (χ2n) is 7.27. The van der Waals surface area contributed by atoms with Crippen molar-refractivity contribution in [2.24, 2.45) is 23.2 Å². The molecule has 5 aliphatic rings. The average molecular weight is 393 g/mol. The van der Waals surface area contributed by atoms with E-state index in [0.29, 0.717) is 0 Å². The Hall–Kier alpha value is 0.0800. The second-order valence-corrected chi connectivity index (χ2v) is 10.1. The van der Waals surface area contributed by atoms with Gasteiger partial charge in [0.05, 0.1) is 0 Å². The fraction of sp³-hybridized carbons (Fsp3) is 0.929. The van der Waals surface area contributed by atoms with Gasteiger partial charge in [0.25, 0.3) is 0 Å². The van der Waals surface area contributed by atoms with Crippen LogP contribution in [0.15, 0.2) is 0 Å². The molecule has 1 heterocycles. The molecule has 0 radical (unpaired) electrons. The molecule has 0 aromatic carbocycles. The number of alkyl halides is 1. The van der Waals surface area contributed by atoms with Crippen LogP contribution >= 0.6 is 0 Å². The van der Waals surface area contributed by atoms with Gasteiger partial charge in [-0.25, -0.2) is 0 Å². The summed E-state index contributed by atoms with van der Waals surface area (Å²) in [4.78, 5) is 12.6. The van der Waals surface area contributed by atoms with Crippen molar-refractivity contribution in [1.82, 2.24) is 5.01 Å². The Balaban J connectivity index is 1.40. The van der Waals surface area contributed by atoms with Gasteiger partial charge >= 0.3 is 130 Å². The second kappa shape index (κ2) is 4.54. The van der Waals surface area contributed by atoms with Gasteiger partial charge in [0.2, 0.25) is 0 Å². The summed E-state index contributed by atoms with van der Waals surface area (Å²) in [7, 11) is 1.77. The molecule has 0 N–H and O–H groups in total. The van der Waals surface area contributed by atoms with Gasteiger partial charge in [-0.2, -0.15) is 0 Å². The number of halogens is 1. The van der Waals surface area contributed by atoms with Crippen LogP contribution in [0.1, 0.15) is 38.5 Å². The number of esters is 1. The molecule has 0 aromatic rings. The Morgan fingerprint density at radius 2 is 1.80 bits per heavy atom. The first-order valence-electron chi connectivity index (χ1n) is 7.58. The fourth-order valence-corrected chi connectivity index (χ4v) is 6.41. The van der Waals surface area contributed by atoms with Gasteiger partial charge in [-0.1, -0.05) is 0 Å². The quantitative estimate of drug-likeness (QED) is 0.0884. The van der Waals surface area contributed by atoms with Crippen LogP contribution < -0.4 is 21.5 Å². The third-order valence-electron chi connectivity index (χ3n) is 5.69. The molecule has 20 heavy (non-hydrogen) atoms. The minimum atomic E-state index is -0.294. The van der Waals surface area contributed by atoms with Gasteiger partial charge in [0.15, 0.2) is 0 Å². The van der Waals surface area contributed by atoms with Crippen LogP contribution in [-0.2, 0) is 9.53 Å². The number of hydroxylamine groups is 1. The number of hydrogen-bond donors (Lipinski definition) is 0. The van der Waals surface area contributed by atoms with Gasteiger partial charge < -0.3 is 0 Å². The van der Waals surface area contributed by atoms with Crippen molar-refractivity contribution in [2.45, 2.75) is 38.5 Å². The predicted octanol–water partition coefficient (Wildman–Crippen LogP) is -1.16. The van der Waals surface area contributed by atoms with Crippen molar-refractivity contribution in [3.8, 4) is 0 Å². The van der Waals surface area contributed by atoms with E-state index in [0.717, 1.165) is 41.6 Å². The van der Waals surface area contributed by atoms with E-state index in [1.54, 1.807) is 12.1 Å². The fourth-order valence-electron chi connectivity index (χ4n) is 4.98. The van der Waals surface area contributed by atoms with Gasteiger partial charge in [0, 0.05) is 0 Å². The van der Waals surface area contributed by atoms with Crippen molar-refractivity contribution < 1.29 is 34.0 Å². The summed E-state index contributed by atoms with van der Waals surface area (Å²) in [5.74, 6) is 2.24. The molecule has 0 spiro atoms. The Kier molecular flexibility index (Phi) is 3.11. The monoisotopic (exact) mass is 393 g/mol. The molecular formula is C14H22IN2O3-. The molecule has 1 unspecified atom stereocenters. The van der Waals surface area contributed by atoms with Crippen LogP contribution in [0.5, 0.6) is 0 Å². The van der Waals surface area contributed by atoms with Crippen molar-refractivity contribution in [1.29, 1.82) is 0 Å². The van der Waals surface area contributed by atoms with E-state index in [-0.39, 0.29) is 42.6 Å². The number of quaternary nitrogens is 1. The summed E-state index contributed by atoms with van der Waals surface area (Å²) >= 11 is -0.294. The zero-order chi connectivity index (χ0) is 14.0. The number of carbonyl (C=O) groups excluding carboxylic acids is 1. The van der Waals surface area contributed by atoms with Gasteiger partial charge in [0.1, 0.15) is 0 Å². The summed E-state index contributed by atoms with van der Waals surface area (Å²) in [5, 5.41) is 13.5. The zero-order valence-corrected chi connectivity index (χ0v) is 14.0. The predicted molar refractivity (Wildman–Crippen MR) is 67.8 cm³/mol. The maximum absolute atomic E-state index is 12.6. The van der Waals surface area contributed by atoms with E-state index in [2.05, 4.69) is 0 Å². The van der Waals surface area contributed by atoms with E-state index in [4.69, 9.17) is 4.74 Å². The molecular weight excluding hydrogens is 371 g/mol. The summed E-state index contributed by atoms with van der Waals surface area (Å²) in [5.41, 5.74) is -0.197. The minimum absolute atomic E-state index is 0.0184. The first-order chi connectivity index (χ1) is 9.49. The maximum atomic E-state index is 12.6. The van der Waals surface area contributed by atoms with Crippen molar-refractivity contribution in [3.63, 3.8) is 0 Å². The van der Waals surface area contributed by atoms with Crippen LogP contribution in [0.25, 0.3) is 0 Å². The van der Waals surface area contributed by atoms with E-state index in [1.807, 2.05) is 0 Å². The van der Waals surface area contributed by atoms with E-state index < -0.39 is 0 Å². The number of hydrogen-bond acceptors (Lipinski definition) is 4. The molecule has 5 rings (SSSR count). The van der Waals surface area contributed by atoms with E-state index >= 15 is 0 Å². The van der Waals surface area contributed by atoms with E-state index in [1.165, 1.54) is 19.3 Å². The molecule has 4 bridgehead atoms. The molecule has 4 aliphatic carbocycles. The van der Waals surface area contributed by atoms with Crippen LogP contribution in [0.3, 0.4) is 0 Å². The van der Waals surface area contributed by atoms with Crippen LogP contribution in [-0.4, -0.2) is 32.3 Å². The molecule has 1 aliphatic heterocycles. The Bertz CT molecular complexity index is 403. The summed E-state index contributed by atoms with van der Waals surface area (Å²) < 4.78 is 6.06. The molecule has 114 valence electrons. The first-order valence-corrected chi connectivity index (χ1v) is 10.1. The summed E-state index contributed by atoms with van der Waals surface area (Å²) in [6, 6.07) is 0. The summed E-state index contributed by atoms with van der Waals surface area (Å²) in [6.07, 6.45) is 7.09. The van der Waals surface area contributed by atoms with Crippen LogP contribution in [0, 0.1) is 28.4 Å². The Labute approximate surface area is 130 Å². The van der Waals surface area contributed by atoms with E-state index in [9.17, 15) is 10.0 Å². The number of ether oxygens (including phenoxy) is 1. The van der Waals surface area contributed by atoms with Crippen molar-refractivity contribution in [2.75, 3.05) is 18.3 Å². The number of rotatable bonds is 4. The molecule has 1 saturated heterocycles. The first kappa shape index (κ1) is 13.7. The normalized spacial score (nSPS) is 49.0. The standard InChI is InChI=1S/C14H22IN2O3/c1-16(17(19)8-15-17)9-20-13(18)14-5-10-2-11(6-14)4-12(3-10)7-14/h10-12H,2-9H2,1H3/q-1. The Morgan fingerprint density at radius 1 is 1.30 bits per heavy atom.